The number of amides is 1. The molecule has 2 aromatic heterocycles. The fourth-order valence-corrected chi connectivity index (χ4v) is 3.42. The van der Waals surface area contributed by atoms with E-state index in [4.69, 9.17) is 4.74 Å². The molecular formula is C19H20FN5O2. The molecular weight excluding hydrogens is 349 g/mol. The predicted molar refractivity (Wildman–Crippen MR) is 96.0 cm³/mol. The van der Waals surface area contributed by atoms with Crippen LogP contribution in [0.3, 0.4) is 0 Å². The quantitative estimate of drug-likeness (QED) is 0.766. The highest BCUT2D eigenvalue weighted by molar-refractivity contribution is 5.93. The number of hydrogen-bond acceptors (Lipinski definition) is 4. The molecule has 1 atom stereocenters. The van der Waals surface area contributed by atoms with E-state index >= 15 is 0 Å². The second-order valence-corrected chi connectivity index (χ2v) is 6.46. The number of carbonyl (C=O) groups is 1. The Bertz CT molecular complexity index is 994. The number of carbonyl (C=O) groups excluding carboxylic acids is 1. The Morgan fingerprint density at radius 3 is 3.00 bits per heavy atom. The van der Waals surface area contributed by atoms with Crippen LogP contribution < -0.4 is 5.32 Å². The van der Waals surface area contributed by atoms with Crippen molar-refractivity contribution in [2.75, 3.05) is 6.61 Å². The topological polar surface area (TPSA) is 74.0 Å². The number of para-hydroxylation sites is 1. The Kier molecular flexibility index (Phi) is 4.49. The van der Waals surface area contributed by atoms with Gasteiger partial charge in [-0.25, -0.2) is 14.1 Å². The zero-order valence-corrected chi connectivity index (χ0v) is 15.1. The van der Waals surface area contributed by atoms with Gasteiger partial charge in [0.15, 0.2) is 0 Å². The summed E-state index contributed by atoms with van der Waals surface area (Å²) in [5.41, 5.74) is 3.19. The molecule has 0 radical (unpaired) electrons. The van der Waals surface area contributed by atoms with Crippen molar-refractivity contribution in [3.63, 3.8) is 0 Å². The molecule has 1 aliphatic rings. The van der Waals surface area contributed by atoms with Crippen LogP contribution in [0.1, 0.15) is 40.4 Å². The second kappa shape index (κ2) is 6.96. The molecule has 1 N–H and O–H groups in total. The van der Waals surface area contributed by atoms with Crippen LogP contribution in [-0.4, -0.2) is 31.8 Å². The van der Waals surface area contributed by atoms with Crippen LogP contribution in [0.5, 0.6) is 0 Å². The van der Waals surface area contributed by atoms with Gasteiger partial charge in [-0.2, -0.15) is 5.10 Å². The molecule has 0 bridgehead atoms. The number of rotatable bonds is 4. The lowest BCUT2D eigenvalue weighted by Crippen LogP contribution is -2.35. The first-order chi connectivity index (χ1) is 13.1. The van der Waals surface area contributed by atoms with Crippen molar-refractivity contribution in [3.05, 3.63) is 65.3 Å². The number of nitrogens with one attached hydrogen (secondary N) is 1. The molecule has 0 saturated carbocycles. The minimum Gasteiger partial charge on any atom is -0.373 e. The van der Waals surface area contributed by atoms with E-state index in [9.17, 15) is 9.18 Å². The summed E-state index contributed by atoms with van der Waals surface area (Å²) in [6.07, 6.45) is 4.00. The molecule has 8 heteroatoms. The van der Waals surface area contributed by atoms with Gasteiger partial charge in [-0.05, 0) is 18.6 Å². The molecule has 1 amide bonds. The predicted octanol–water partition coefficient (Wildman–Crippen LogP) is 2.31. The maximum atomic E-state index is 14.2. The zero-order chi connectivity index (χ0) is 19.0. The van der Waals surface area contributed by atoms with E-state index in [2.05, 4.69) is 15.4 Å². The largest absolute Gasteiger partial charge is 0.373 e. The van der Waals surface area contributed by atoms with Gasteiger partial charge in [0, 0.05) is 18.3 Å². The molecule has 4 rings (SSSR count). The average Bonchev–Trinajstić information content (AvgIpc) is 3.26. The van der Waals surface area contributed by atoms with Gasteiger partial charge in [0.05, 0.1) is 37.5 Å². The van der Waals surface area contributed by atoms with Crippen molar-refractivity contribution in [1.82, 2.24) is 24.6 Å². The Morgan fingerprint density at radius 2 is 2.22 bits per heavy atom. The second-order valence-electron chi connectivity index (χ2n) is 6.46. The van der Waals surface area contributed by atoms with Crippen LogP contribution in [0, 0.1) is 5.82 Å². The van der Waals surface area contributed by atoms with Crippen molar-refractivity contribution in [3.8, 4) is 5.69 Å². The monoisotopic (exact) mass is 369 g/mol. The number of nitrogens with zero attached hydrogens (tertiary/aromatic N) is 4. The van der Waals surface area contributed by atoms with Gasteiger partial charge in [-0.3, -0.25) is 4.79 Å². The van der Waals surface area contributed by atoms with Gasteiger partial charge in [0.2, 0.25) is 0 Å². The number of fused-ring (bicyclic) bond motifs is 1. The highest BCUT2D eigenvalue weighted by atomic mass is 19.1. The van der Waals surface area contributed by atoms with Crippen molar-refractivity contribution >= 4 is 5.91 Å². The summed E-state index contributed by atoms with van der Waals surface area (Å²) in [4.78, 5) is 16.9. The minimum absolute atomic E-state index is 0.257. The lowest BCUT2D eigenvalue weighted by molar-refractivity contribution is 0.0683. The van der Waals surface area contributed by atoms with E-state index in [0.29, 0.717) is 31.0 Å². The third kappa shape index (κ3) is 3.02. The van der Waals surface area contributed by atoms with Crippen LogP contribution >= 0.6 is 0 Å². The number of halogens is 1. The van der Waals surface area contributed by atoms with Gasteiger partial charge in [0.25, 0.3) is 5.91 Å². The highest BCUT2D eigenvalue weighted by Crippen LogP contribution is 2.27. The molecule has 27 heavy (non-hydrogen) atoms. The summed E-state index contributed by atoms with van der Waals surface area (Å²) >= 11 is 0. The number of aryl methyl sites for hydroxylation is 1. The fraction of sp³-hybridized carbons (Fsp3) is 0.316. The molecule has 0 fully saturated rings. The first-order valence-electron chi connectivity index (χ1n) is 8.80. The Labute approximate surface area is 155 Å². The van der Waals surface area contributed by atoms with E-state index in [1.807, 2.05) is 18.5 Å². The molecule has 3 heterocycles. The van der Waals surface area contributed by atoms with E-state index in [0.717, 1.165) is 17.0 Å². The molecule has 0 aliphatic carbocycles. The normalized spacial score (nSPS) is 16.2. The van der Waals surface area contributed by atoms with Crippen LogP contribution in [0.2, 0.25) is 0 Å². The molecule has 140 valence electrons. The third-order valence-electron chi connectivity index (χ3n) is 4.79. The van der Waals surface area contributed by atoms with Gasteiger partial charge < -0.3 is 14.6 Å². The number of aromatic nitrogens is 4. The summed E-state index contributed by atoms with van der Waals surface area (Å²) in [7, 11) is 1.86. The molecule has 1 aromatic carbocycles. The molecule has 0 unspecified atom stereocenters. The summed E-state index contributed by atoms with van der Waals surface area (Å²) in [5.74, 6) is -0.622. The van der Waals surface area contributed by atoms with Crippen molar-refractivity contribution in [1.29, 1.82) is 0 Å². The number of benzene rings is 1. The molecule has 7 nitrogen and oxygen atoms in total. The van der Waals surface area contributed by atoms with Gasteiger partial charge in [-0.1, -0.05) is 19.1 Å². The smallest absolute Gasteiger partial charge is 0.272 e. The number of imidazole rings is 1. The average molecular weight is 369 g/mol. The Balaban J connectivity index is 1.63. The first-order valence-corrected chi connectivity index (χ1v) is 8.80. The van der Waals surface area contributed by atoms with E-state index in [1.165, 1.54) is 10.7 Å². The highest BCUT2D eigenvalue weighted by Gasteiger charge is 2.28. The van der Waals surface area contributed by atoms with Gasteiger partial charge >= 0.3 is 0 Å². The van der Waals surface area contributed by atoms with Gasteiger partial charge in [0.1, 0.15) is 17.2 Å². The zero-order valence-electron chi connectivity index (χ0n) is 15.1. The summed E-state index contributed by atoms with van der Waals surface area (Å²) in [6.45, 7) is 2.61. The third-order valence-corrected chi connectivity index (χ3v) is 4.79. The number of ether oxygens (including phenoxy) is 1. The van der Waals surface area contributed by atoms with Crippen molar-refractivity contribution in [2.45, 2.75) is 26.0 Å². The summed E-state index contributed by atoms with van der Waals surface area (Å²) < 4.78 is 23.2. The SMILES string of the molecule is CCc1c(C(=O)N[C@@H]2COCc3c2cnn3-c2ccccc2F)ncn1C. The maximum absolute atomic E-state index is 14.2. The molecule has 3 aromatic rings. The lowest BCUT2D eigenvalue weighted by Gasteiger charge is -2.24. The molecule has 0 spiro atoms. The van der Waals surface area contributed by atoms with Crippen molar-refractivity contribution < 1.29 is 13.9 Å². The lowest BCUT2D eigenvalue weighted by atomic mass is 10.1. The van der Waals surface area contributed by atoms with Crippen LogP contribution in [0.15, 0.2) is 36.8 Å². The maximum Gasteiger partial charge on any atom is 0.272 e. The molecule has 1 aliphatic heterocycles. The van der Waals surface area contributed by atoms with Crippen molar-refractivity contribution in [2.24, 2.45) is 7.05 Å². The van der Waals surface area contributed by atoms with E-state index in [-0.39, 0.29) is 17.8 Å². The van der Waals surface area contributed by atoms with E-state index < -0.39 is 0 Å². The molecule has 0 saturated heterocycles. The van der Waals surface area contributed by atoms with Crippen LogP contribution in [-0.2, 0) is 24.8 Å². The minimum atomic E-state index is -0.367. The van der Waals surface area contributed by atoms with E-state index in [1.54, 1.807) is 30.7 Å². The first kappa shape index (κ1) is 17.4. The Hall–Kier alpha value is -3.00. The van der Waals surface area contributed by atoms with Crippen LogP contribution in [0.4, 0.5) is 4.39 Å². The fourth-order valence-electron chi connectivity index (χ4n) is 3.42. The Morgan fingerprint density at radius 1 is 1.41 bits per heavy atom. The summed E-state index contributed by atoms with van der Waals surface area (Å²) in [5, 5.41) is 7.29. The summed E-state index contributed by atoms with van der Waals surface area (Å²) in [6, 6.07) is 6.06. The standard InChI is InChI=1S/C19H20FN5O2/c1-3-15-18(21-11-24(15)2)19(26)23-14-9-27-10-17-12(14)8-22-25(17)16-7-5-4-6-13(16)20/h4-8,11,14H,3,9-10H2,1-2H3,(H,23,26)/t14-/m1/s1. The number of hydrogen-bond donors (Lipinski definition) is 1. The van der Waals surface area contributed by atoms with Crippen LogP contribution in [0.25, 0.3) is 5.69 Å². The van der Waals surface area contributed by atoms with Gasteiger partial charge in [-0.15, -0.1) is 0 Å².